The van der Waals surface area contributed by atoms with Gasteiger partial charge in [0.1, 0.15) is 0 Å². The highest BCUT2D eigenvalue weighted by Gasteiger charge is 2.20. The molecular weight excluding hydrogens is 262 g/mol. The van der Waals surface area contributed by atoms with E-state index >= 15 is 0 Å². The molecule has 2 amide bonds. The quantitative estimate of drug-likeness (QED) is 0.730. The molecule has 0 aromatic heterocycles. The van der Waals surface area contributed by atoms with Gasteiger partial charge in [-0.1, -0.05) is 0 Å². The zero-order valence-corrected chi connectivity index (χ0v) is 12.3. The number of amides is 2. The molecule has 0 bridgehead atoms. The molecule has 1 heterocycles. The van der Waals surface area contributed by atoms with Crippen LogP contribution in [0.3, 0.4) is 0 Å². The second kappa shape index (κ2) is 8.76. The van der Waals surface area contributed by atoms with Gasteiger partial charge >= 0.3 is 12.0 Å². The Morgan fingerprint density at radius 2 is 2.05 bits per heavy atom. The summed E-state index contributed by atoms with van der Waals surface area (Å²) < 4.78 is 5.36. The van der Waals surface area contributed by atoms with Crippen LogP contribution in [0.2, 0.25) is 0 Å². The molecule has 0 aromatic rings. The summed E-state index contributed by atoms with van der Waals surface area (Å²) in [4.78, 5) is 26.3. The zero-order chi connectivity index (χ0) is 15.0. The first-order valence-corrected chi connectivity index (χ1v) is 7.11. The highest BCUT2D eigenvalue weighted by Crippen LogP contribution is 2.03. The summed E-state index contributed by atoms with van der Waals surface area (Å²) >= 11 is 0. The number of carbonyl (C=O) groups is 2. The molecule has 1 saturated heterocycles. The maximum atomic E-state index is 12.0. The molecule has 1 unspecified atom stereocenters. The van der Waals surface area contributed by atoms with Crippen LogP contribution in [-0.2, 0) is 9.53 Å². The topological polar surface area (TPSA) is 82.1 Å². The first-order valence-electron chi connectivity index (χ1n) is 7.11. The summed E-state index contributed by atoms with van der Waals surface area (Å²) in [6.07, 6.45) is 0.793. The average molecular weight is 287 g/mol. The molecule has 7 heteroatoms. The van der Waals surface area contributed by atoms with E-state index in [1.807, 2.05) is 18.7 Å². The molecule has 1 aliphatic heterocycles. The molecule has 1 atom stereocenters. The maximum Gasteiger partial charge on any atom is 0.317 e. The summed E-state index contributed by atoms with van der Waals surface area (Å²) in [6, 6.07) is -0.103. The number of carboxylic acids is 1. The molecule has 1 aliphatic rings. The molecule has 1 rings (SSSR count). The minimum Gasteiger partial charge on any atom is -0.480 e. The van der Waals surface area contributed by atoms with Crippen molar-refractivity contribution in [1.82, 2.24) is 15.1 Å². The van der Waals surface area contributed by atoms with Gasteiger partial charge in [0.05, 0.1) is 12.6 Å². The van der Waals surface area contributed by atoms with Crippen LogP contribution in [0.15, 0.2) is 0 Å². The number of hydrogen-bond donors (Lipinski definition) is 2. The van der Waals surface area contributed by atoms with Crippen molar-refractivity contribution >= 4 is 12.0 Å². The van der Waals surface area contributed by atoms with E-state index in [0.717, 1.165) is 6.42 Å². The van der Waals surface area contributed by atoms with Gasteiger partial charge in [0.15, 0.2) is 0 Å². The van der Waals surface area contributed by atoms with Crippen LogP contribution in [0.25, 0.3) is 0 Å². The lowest BCUT2D eigenvalue weighted by molar-refractivity contribution is -0.138. The highest BCUT2D eigenvalue weighted by molar-refractivity contribution is 5.74. The molecule has 0 aromatic carbocycles. The molecule has 0 radical (unpaired) electrons. The van der Waals surface area contributed by atoms with Gasteiger partial charge in [0.25, 0.3) is 0 Å². The van der Waals surface area contributed by atoms with Crippen molar-refractivity contribution in [3.8, 4) is 0 Å². The normalized spacial score (nSPS) is 18.4. The summed E-state index contributed by atoms with van der Waals surface area (Å²) in [7, 11) is 0. The summed E-state index contributed by atoms with van der Waals surface area (Å²) in [5.74, 6) is -0.826. The van der Waals surface area contributed by atoms with E-state index in [4.69, 9.17) is 9.84 Å². The molecule has 1 fully saturated rings. The van der Waals surface area contributed by atoms with Crippen LogP contribution < -0.4 is 5.32 Å². The van der Waals surface area contributed by atoms with E-state index in [-0.39, 0.29) is 18.7 Å². The van der Waals surface area contributed by atoms with Gasteiger partial charge in [0, 0.05) is 39.3 Å². The first-order chi connectivity index (χ1) is 9.52. The Labute approximate surface area is 119 Å². The first kappa shape index (κ1) is 16.7. The van der Waals surface area contributed by atoms with E-state index in [1.165, 1.54) is 0 Å². The van der Waals surface area contributed by atoms with Crippen molar-refractivity contribution in [3.05, 3.63) is 0 Å². The predicted molar refractivity (Wildman–Crippen MR) is 74.8 cm³/mol. The fourth-order valence-electron chi connectivity index (χ4n) is 2.21. The van der Waals surface area contributed by atoms with Crippen molar-refractivity contribution in [2.45, 2.75) is 26.4 Å². The summed E-state index contributed by atoms with van der Waals surface area (Å²) in [5.41, 5.74) is 0. The van der Waals surface area contributed by atoms with Gasteiger partial charge in [-0.2, -0.15) is 0 Å². The third kappa shape index (κ3) is 6.21. The number of nitrogens with one attached hydrogen (secondary N) is 1. The molecule has 0 spiro atoms. The van der Waals surface area contributed by atoms with Crippen LogP contribution in [0.1, 0.15) is 20.3 Å². The van der Waals surface area contributed by atoms with Gasteiger partial charge in [-0.25, -0.2) is 4.79 Å². The summed E-state index contributed by atoms with van der Waals surface area (Å²) in [5, 5.41) is 11.6. The molecule has 0 saturated carbocycles. The van der Waals surface area contributed by atoms with Crippen molar-refractivity contribution in [2.24, 2.45) is 0 Å². The van der Waals surface area contributed by atoms with E-state index in [1.54, 1.807) is 4.90 Å². The van der Waals surface area contributed by atoms with E-state index < -0.39 is 5.97 Å². The lowest BCUT2D eigenvalue weighted by atomic mass is 10.4. The predicted octanol–water partition coefficient (Wildman–Crippen LogP) is 0.213. The van der Waals surface area contributed by atoms with Crippen molar-refractivity contribution in [1.29, 1.82) is 0 Å². The van der Waals surface area contributed by atoms with Gasteiger partial charge in [-0.05, 0) is 20.3 Å². The zero-order valence-electron chi connectivity index (χ0n) is 12.3. The van der Waals surface area contributed by atoms with Crippen molar-refractivity contribution in [3.63, 3.8) is 0 Å². The molecule has 116 valence electrons. The number of hydrogen-bond acceptors (Lipinski definition) is 4. The second-order valence-corrected chi connectivity index (χ2v) is 4.96. The molecule has 0 aliphatic carbocycles. The van der Waals surface area contributed by atoms with Crippen molar-refractivity contribution in [2.75, 3.05) is 45.9 Å². The third-order valence-corrected chi connectivity index (χ3v) is 3.23. The van der Waals surface area contributed by atoms with Gasteiger partial charge in [-0.15, -0.1) is 0 Å². The van der Waals surface area contributed by atoms with E-state index in [9.17, 15) is 9.59 Å². The minimum atomic E-state index is -0.826. The Balaban J connectivity index is 2.32. The van der Waals surface area contributed by atoms with Gasteiger partial charge < -0.3 is 20.1 Å². The fourth-order valence-corrected chi connectivity index (χ4v) is 2.21. The average Bonchev–Trinajstić information content (AvgIpc) is 2.61. The Morgan fingerprint density at radius 1 is 1.30 bits per heavy atom. The van der Waals surface area contributed by atoms with Crippen molar-refractivity contribution < 1.29 is 19.4 Å². The van der Waals surface area contributed by atoms with Crippen LogP contribution in [0.5, 0.6) is 0 Å². The van der Waals surface area contributed by atoms with Crippen LogP contribution >= 0.6 is 0 Å². The molecular formula is C13H25N3O4. The van der Waals surface area contributed by atoms with Crippen LogP contribution in [-0.4, -0.2) is 78.9 Å². The molecule has 2 N–H and O–H groups in total. The van der Waals surface area contributed by atoms with Gasteiger partial charge in [0.2, 0.25) is 0 Å². The van der Waals surface area contributed by atoms with Crippen LogP contribution in [0.4, 0.5) is 4.79 Å². The number of carbonyl (C=O) groups excluding carboxylic acids is 1. The lowest BCUT2D eigenvalue weighted by Gasteiger charge is -2.22. The number of urea groups is 1. The number of aliphatic carboxylic acids is 1. The van der Waals surface area contributed by atoms with Gasteiger partial charge in [-0.3, -0.25) is 9.69 Å². The van der Waals surface area contributed by atoms with E-state index in [2.05, 4.69) is 5.32 Å². The number of rotatable bonds is 6. The third-order valence-electron chi connectivity index (χ3n) is 3.23. The molecule has 20 heavy (non-hydrogen) atoms. The van der Waals surface area contributed by atoms with Crippen LogP contribution in [0, 0.1) is 0 Å². The Kier molecular flexibility index (Phi) is 7.32. The SMILES string of the molecule is CCOC(C)CNC(=O)N1CCCN(CC(=O)O)CC1. The number of ether oxygens (including phenoxy) is 1. The summed E-state index contributed by atoms with van der Waals surface area (Å²) in [6.45, 7) is 7.52. The second-order valence-electron chi connectivity index (χ2n) is 4.96. The maximum absolute atomic E-state index is 12.0. The number of nitrogens with zero attached hydrogens (tertiary/aromatic N) is 2. The Morgan fingerprint density at radius 3 is 2.70 bits per heavy atom. The minimum absolute atomic E-state index is 0.000521. The fraction of sp³-hybridized carbons (Fsp3) is 0.846. The lowest BCUT2D eigenvalue weighted by Crippen LogP contribution is -2.44. The Bertz CT molecular complexity index is 325. The standard InChI is InChI=1S/C13H25N3O4/c1-3-20-11(2)9-14-13(19)16-6-4-5-15(7-8-16)10-12(17)18/h11H,3-10H2,1-2H3,(H,14,19)(H,17,18). The molecule has 7 nitrogen and oxygen atoms in total. The monoisotopic (exact) mass is 287 g/mol. The van der Waals surface area contributed by atoms with E-state index in [0.29, 0.717) is 39.3 Å². The largest absolute Gasteiger partial charge is 0.480 e. The Hall–Kier alpha value is -1.34. The smallest absolute Gasteiger partial charge is 0.317 e. The number of carboxylic acid groups (broad SMARTS) is 1. The highest BCUT2D eigenvalue weighted by atomic mass is 16.5.